The predicted molar refractivity (Wildman–Crippen MR) is 83.7 cm³/mol. The van der Waals surface area contributed by atoms with Crippen molar-refractivity contribution in [1.82, 2.24) is 5.32 Å². The number of hydrogen-bond donors (Lipinski definition) is 1. The summed E-state index contributed by atoms with van der Waals surface area (Å²) in [6.07, 6.45) is 2.62. The van der Waals surface area contributed by atoms with E-state index < -0.39 is 0 Å². The van der Waals surface area contributed by atoms with E-state index in [9.17, 15) is 0 Å². The second-order valence-corrected chi connectivity index (χ2v) is 6.14. The molecule has 0 bridgehead atoms. The summed E-state index contributed by atoms with van der Waals surface area (Å²) < 4.78 is 21.6. The summed E-state index contributed by atoms with van der Waals surface area (Å²) in [6.45, 7) is 11.6. The molecule has 0 amide bonds. The molecule has 5 nitrogen and oxygen atoms in total. The molecule has 0 spiro atoms. The lowest BCUT2D eigenvalue weighted by Gasteiger charge is -2.52. The second kappa shape index (κ2) is 10.5. The molecule has 1 N–H and O–H groups in total. The molecule has 5 heteroatoms. The number of hydrogen-bond acceptors (Lipinski definition) is 5. The Morgan fingerprint density at radius 1 is 1.00 bits per heavy atom. The van der Waals surface area contributed by atoms with Crippen molar-refractivity contribution in [3.05, 3.63) is 0 Å². The van der Waals surface area contributed by atoms with E-state index in [-0.39, 0.29) is 5.41 Å². The summed E-state index contributed by atoms with van der Waals surface area (Å²) >= 11 is 0. The van der Waals surface area contributed by atoms with E-state index in [4.69, 9.17) is 18.9 Å². The third kappa shape index (κ3) is 6.61. The van der Waals surface area contributed by atoms with Crippen molar-refractivity contribution in [3.8, 4) is 0 Å². The van der Waals surface area contributed by atoms with Gasteiger partial charge in [-0.25, -0.2) is 0 Å². The fourth-order valence-electron chi connectivity index (χ4n) is 2.55. The third-order valence-electron chi connectivity index (χ3n) is 4.17. The average Bonchev–Trinajstić information content (AvgIpc) is 2.47. The van der Waals surface area contributed by atoms with Crippen LogP contribution in [0.15, 0.2) is 0 Å². The molecule has 2 unspecified atom stereocenters. The van der Waals surface area contributed by atoms with Crippen molar-refractivity contribution in [3.63, 3.8) is 0 Å². The van der Waals surface area contributed by atoms with Gasteiger partial charge in [0.05, 0.1) is 45.7 Å². The highest BCUT2D eigenvalue weighted by molar-refractivity contribution is 5.02. The van der Waals surface area contributed by atoms with Crippen LogP contribution in [0.2, 0.25) is 0 Å². The fraction of sp³-hybridized carbons (Fsp3) is 1.00. The van der Waals surface area contributed by atoms with Gasteiger partial charge in [0.1, 0.15) is 0 Å². The highest BCUT2D eigenvalue weighted by Crippen LogP contribution is 2.42. The van der Waals surface area contributed by atoms with Crippen LogP contribution < -0.4 is 5.32 Å². The van der Waals surface area contributed by atoms with Crippen LogP contribution in [-0.2, 0) is 18.9 Å². The molecule has 0 radical (unpaired) electrons. The van der Waals surface area contributed by atoms with Gasteiger partial charge in [-0.15, -0.1) is 0 Å². The van der Waals surface area contributed by atoms with E-state index in [2.05, 4.69) is 26.1 Å². The minimum Gasteiger partial charge on any atom is -0.382 e. The van der Waals surface area contributed by atoms with Gasteiger partial charge in [-0.2, -0.15) is 0 Å². The van der Waals surface area contributed by atoms with Gasteiger partial charge in [0, 0.05) is 18.6 Å². The van der Waals surface area contributed by atoms with E-state index in [1.165, 1.54) is 6.42 Å². The predicted octanol–water partition coefficient (Wildman–Crippen LogP) is 1.85. The maximum Gasteiger partial charge on any atom is 0.0704 e. The molecule has 1 aliphatic rings. The number of methoxy groups -OCH3 is 1. The highest BCUT2D eigenvalue weighted by atomic mass is 16.6. The van der Waals surface area contributed by atoms with Crippen molar-refractivity contribution < 1.29 is 18.9 Å². The third-order valence-corrected chi connectivity index (χ3v) is 4.17. The van der Waals surface area contributed by atoms with E-state index in [0.29, 0.717) is 51.8 Å². The second-order valence-electron chi connectivity index (χ2n) is 6.14. The number of ether oxygens (including phenoxy) is 4. The van der Waals surface area contributed by atoms with Gasteiger partial charge in [0.15, 0.2) is 0 Å². The first-order chi connectivity index (χ1) is 10.1. The largest absolute Gasteiger partial charge is 0.382 e. The summed E-state index contributed by atoms with van der Waals surface area (Å²) in [5, 5.41) is 3.59. The Hall–Kier alpha value is -0.200. The molecule has 0 aliphatic heterocycles. The van der Waals surface area contributed by atoms with Crippen LogP contribution in [0.5, 0.6) is 0 Å². The molecular formula is C16H33NO4. The summed E-state index contributed by atoms with van der Waals surface area (Å²) in [5.74, 6) is 0. The first kappa shape index (κ1) is 18.8. The van der Waals surface area contributed by atoms with Crippen molar-refractivity contribution in [2.45, 2.75) is 45.8 Å². The molecule has 0 saturated heterocycles. The fourth-order valence-corrected chi connectivity index (χ4v) is 2.55. The first-order valence-electron chi connectivity index (χ1n) is 8.12. The van der Waals surface area contributed by atoms with Crippen LogP contribution in [-0.4, -0.2) is 65.4 Å². The molecule has 1 rings (SSSR count). The molecule has 0 aromatic carbocycles. The van der Waals surface area contributed by atoms with Gasteiger partial charge in [-0.05, 0) is 19.4 Å². The van der Waals surface area contributed by atoms with E-state index in [0.717, 1.165) is 13.0 Å². The lowest BCUT2D eigenvalue weighted by Crippen LogP contribution is -2.61. The summed E-state index contributed by atoms with van der Waals surface area (Å²) in [7, 11) is 1.67. The summed E-state index contributed by atoms with van der Waals surface area (Å²) in [6, 6.07) is 0.581. The number of rotatable bonds is 13. The molecule has 21 heavy (non-hydrogen) atoms. The summed E-state index contributed by atoms with van der Waals surface area (Å²) in [5.41, 5.74) is 0.221. The van der Waals surface area contributed by atoms with Gasteiger partial charge in [0.25, 0.3) is 0 Å². The summed E-state index contributed by atoms with van der Waals surface area (Å²) in [4.78, 5) is 0. The Morgan fingerprint density at radius 3 is 2.19 bits per heavy atom. The molecule has 0 heterocycles. The van der Waals surface area contributed by atoms with Gasteiger partial charge < -0.3 is 24.3 Å². The molecule has 126 valence electrons. The topological polar surface area (TPSA) is 49.0 Å². The van der Waals surface area contributed by atoms with Crippen molar-refractivity contribution in [2.75, 3.05) is 53.3 Å². The van der Waals surface area contributed by atoms with Crippen LogP contribution >= 0.6 is 0 Å². The molecule has 0 aromatic rings. The Morgan fingerprint density at radius 2 is 1.62 bits per heavy atom. The molecule has 1 fully saturated rings. The van der Waals surface area contributed by atoms with Crippen LogP contribution in [0, 0.1) is 5.41 Å². The molecule has 0 aromatic heterocycles. The Labute approximate surface area is 129 Å². The Balaban J connectivity index is 1.94. The van der Waals surface area contributed by atoms with E-state index >= 15 is 0 Å². The van der Waals surface area contributed by atoms with Gasteiger partial charge in [-0.1, -0.05) is 20.8 Å². The van der Waals surface area contributed by atoms with Gasteiger partial charge in [0.2, 0.25) is 0 Å². The standard InChI is InChI=1S/C16H33NO4/c1-5-6-17-14-13-15(16(14,2)3)21-12-11-20-10-9-19-8-7-18-4/h14-15,17H,5-13H2,1-4H3. The minimum absolute atomic E-state index is 0.221. The molecule has 1 aliphatic carbocycles. The highest BCUT2D eigenvalue weighted by Gasteiger charge is 2.48. The van der Waals surface area contributed by atoms with Crippen LogP contribution in [0.3, 0.4) is 0 Å². The maximum absolute atomic E-state index is 5.92. The van der Waals surface area contributed by atoms with Gasteiger partial charge >= 0.3 is 0 Å². The monoisotopic (exact) mass is 303 g/mol. The Bertz CT molecular complexity index is 261. The van der Waals surface area contributed by atoms with E-state index in [1.54, 1.807) is 7.11 Å². The van der Waals surface area contributed by atoms with Crippen molar-refractivity contribution in [1.29, 1.82) is 0 Å². The van der Waals surface area contributed by atoms with Crippen molar-refractivity contribution in [2.24, 2.45) is 5.41 Å². The SMILES string of the molecule is CCCNC1CC(OCCOCCOCCOC)C1(C)C. The minimum atomic E-state index is 0.221. The quantitative estimate of drug-likeness (QED) is 0.526. The van der Waals surface area contributed by atoms with Crippen LogP contribution in [0.25, 0.3) is 0 Å². The smallest absolute Gasteiger partial charge is 0.0704 e. The van der Waals surface area contributed by atoms with Crippen molar-refractivity contribution >= 4 is 0 Å². The normalized spacial score (nSPS) is 24.0. The lowest BCUT2D eigenvalue weighted by molar-refractivity contribution is -0.128. The number of nitrogens with one attached hydrogen (secondary N) is 1. The molecule has 2 atom stereocenters. The molecular weight excluding hydrogens is 270 g/mol. The van der Waals surface area contributed by atoms with E-state index in [1.807, 2.05) is 0 Å². The Kier molecular flexibility index (Phi) is 9.44. The van der Waals surface area contributed by atoms with Gasteiger partial charge in [-0.3, -0.25) is 0 Å². The van der Waals surface area contributed by atoms with Crippen LogP contribution in [0.4, 0.5) is 0 Å². The average molecular weight is 303 g/mol. The molecule has 1 saturated carbocycles. The zero-order valence-corrected chi connectivity index (χ0v) is 14.2. The zero-order chi connectivity index (χ0) is 15.6. The lowest BCUT2D eigenvalue weighted by atomic mass is 9.64. The zero-order valence-electron chi connectivity index (χ0n) is 14.2. The maximum atomic E-state index is 5.92. The van der Waals surface area contributed by atoms with Crippen LogP contribution in [0.1, 0.15) is 33.6 Å². The first-order valence-corrected chi connectivity index (χ1v) is 8.12.